The van der Waals surface area contributed by atoms with Crippen molar-refractivity contribution < 1.29 is 8.81 Å². The summed E-state index contributed by atoms with van der Waals surface area (Å²) in [4.78, 5) is 4.21. The fourth-order valence-corrected chi connectivity index (χ4v) is 1.92. The smallest absolute Gasteiger partial charge is 0.196 e. The molecule has 0 atom stereocenters. The Hall–Kier alpha value is -1.68. The molecular formula is C16H21FN2O. The van der Waals surface area contributed by atoms with Gasteiger partial charge in [0.1, 0.15) is 5.82 Å². The quantitative estimate of drug-likeness (QED) is 0.925. The monoisotopic (exact) mass is 276 g/mol. The fraction of sp³-hybridized carbons (Fsp3) is 0.438. The standard InChI is InChI=1S/C16H21FN2O/c1-11-5-6-13(17)12(9-11)14-10-18-15(20-14)7-8-19-16(2,3)4/h5-6,9-10,19H,7-8H2,1-4H3. The van der Waals surface area contributed by atoms with E-state index in [1.54, 1.807) is 18.3 Å². The first-order valence-corrected chi connectivity index (χ1v) is 6.81. The molecule has 0 spiro atoms. The zero-order chi connectivity index (χ0) is 14.8. The number of halogens is 1. The van der Waals surface area contributed by atoms with E-state index in [9.17, 15) is 4.39 Å². The maximum atomic E-state index is 13.8. The van der Waals surface area contributed by atoms with Crippen molar-refractivity contribution in [2.45, 2.75) is 39.7 Å². The van der Waals surface area contributed by atoms with Crippen molar-refractivity contribution in [1.82, 2.24) is 10.3 Å². The second kappa shape index (κ2) is 5.75. The highest BCUT2D eigenvalue weighted by molar-refractivity contribution is 5.58. The number of oxazole rings is 1. The summed E-state index contributed by atoms with van der Waals surface area (Å²) >= 11 is 0. The molecule has 0 saturated heterocycles. The van der Waals surface area contributed by atoms with E-state index in [1.807, 2.05) is 6.92 Å². The Morgan fingerprint density at radius 3 is 2.75 bits per heavy atom. The number of nitrogens with zero attached hydrogens (tertiary/aromatic N) is 1. The van der Waals surface area contributed by atoms with Crippen LogP contribution in [0.15, 0.2) is 28.8 Å². The molecule has 1 aromatic heterocycles. The molecule has 3 nitrogen and oxygen atoms in total. The van der Waals surface area contributed by atoms with Gasteiger partial charge in [-0.25, -0.2) is 9.37 Å². The molecule has 0 amide bonds. The molecule has 2 rings (SSSR count). The third-order valence-electron chi connectivity index (χ3n) is 2.94. The molecule has 0 aliphatic rings. The molecule has 1 N–H and O–H groups in total. The fourth-order valence-electron chi connectivity index (χ4n) is 1.92. The minimum absolute atomic E-state index is 0.0675. The molecule has 0 radical (unpaired) electrons. The van der Waals surface area contributed by atoms with Crippen molar-refractivity contribution in [3.63, 3.8) is 0 Å². The average Bonchev–Trinajstić information content (AvgIpc) is 2.79. The van der Waals surface area contributed by atoms with E-state index >= 15 is 0 Å². The number of hydrogen-bond donors (Lipinski definition) is 1. The van der Waals surface area contributed by atoms with Crippen molar-refractivity contribution in [3.05, 3.63) is 41.7 Å². The average molecular weight is 276 g/mol. The second-order valence-corrected chi connectivity index (χ2v) is 6.03. The summed E-state index contributed by atoms with van der Waals surface area (Å²) < 4.78 is 19.4. The molecule has 4 heteroatoms. The predicted octanol–water partition coefficient (Wildman–Crippen LogP) is 3.72. The Kier molecular flexibility index (Phi) is 4.23. The Labute approximate surface area is 119 Å². The molecule has 0 aliphatic heterocycles. The van der Waals surface area contributed by atoms with Crippen molar-refractivity contribution in [1.29, 1.82) is 0 Å². The van der Waals surface area contributed by atoms with E-state index in [0.29, 0.717) is 23.6 Å². The third-order valence-corrected chi connectivity index (χ3v) is 2.94. The van der Waals surface area contributed by atoms with Gasteiger partial charge in [0, 0.05) is 18.5 Å². The first-order chi connectivity index (χ1) is 9.35. The highest BCUT2D eigenvalue weighted by Crippen LogP contribution is 2.24. The highest BCUT2D eigenvalue weighted by Gasteiger charge is 2.12. The predicted molar refractivity (Wildman–Crippen MR) is 78.1 cm³/mol. The molecular weight excluding hydrogens is 255 g/mol. The van der Waals surface area contributed by atoms with Crippen LogP contribution in [0.1, 0.15) is 32.2 Å². The van der Waals surface area contributed by atoms with Crippen LogP contribution in [0, 0.1) is 12.7 Å². The van der Waals surface area contributed by atoms with Gasteiger partial charge in [-0.05, 0) is 39.8 Å². The SMILES string of the molecule is Cc1ccc(F)c(-c2cnc(CCNC(C)(C)C)o2)c1. The van der Waals surface area contributed by atoms with Gasteiger partial charge < -0.3 is 9.73 Å². The maximum Gasteiger partial charge on any atom is 0.196 e. The van der Waals surface area contributed by atoms with E-state index < -0.39 is 0 Å². The van der Waals surface area contributed by atoms with Crippen LogP contribution < -0.4 is 5.32 Å². The normalized spacial score (nSPS) is 11.8. The highest BCUT2D eigenvalue weighted by atomic mass is 19.1. The zero-order valence-electron chi connectivity index (χ0n) is 12.5. The molecule has 1 heterocycles. The second-order valence-electron chi connectivity index (χ2n) is 6.03. The number of benzene rings is 1. The Bertz CT molecular complexity index is 584. The lowest BCUT2D eigenvalue weighted by atomic mass is 10.1. The van der Waals surface area contributed by atoms with Crippen molar-refractivity contribution in [2.24, 2.45) is 0 Å². The van der Waals surface area contributed by atoms with Crippen molar-refractivity contribution in [3.8, 4) is 11.3 Å². The molecule has 0 bridgehead atoms. The van der Waals surface area contributed by atoms with E-state index in [1.165, 1.54) is 6.07 Å². The van der Waals surface area contributed by atoms with Gasteiger partial charge in [-0.3, -0.25) is 0 Å². The molecule has 20 heavy (non-hydrogen) atoms. The van der Waals surface area contributed by atoms with Gasteiger partial charge in [0.05, 0.1) is 11.8 Å². The topological polar surface area (TPSA) is 38.1 Å². The maximum absolute atomic E-state index is 13.8. The molecule has 0 aliphatic carbocycles. The van der Waals surface area contributed by atoms with Gasteiger partial charge in [0.15, 0.2) is 11.7 Å². The Morgan fingerprint density at radius 2 is 2.05 bits per heavy atom. The van der Waals surface area contributed by atoms with Gasteiger partial charge in [0.25, 0.3) is 0 Å². The minimum Gasteiger partial charge on any atom is -0.441 e. The van der Waals surface area contributed by atoms with Crippen molar-refractivity contribution >= 4 is 0 Å². The third kappa shape index (κ3) is 3.90. The van der Waals surface area contributed by atoms with E-state index in [2.05, 4.69) is 31.1 Å². The molecule has 2 aromatic rings. The zero-order valence-corrected chi connectivity index (χ0v) is 12.5. The summed E-state index contributed by atoms with van der Waals surface area (Å²) in [5.41, 5.74) is 1.53. The largest absolute Gasteiger partial charge is 0.441 e. The summed E-state index contributed by atoms with van der Waals surface area (Å²) in [7, 11) is 0. The van der Waals surface area contributed by atoms with E-state index in [4.69, 9.17) is 4.42 Å². The van der Waals surface area contributed by atoms with Gasteiger partial charge in [0.2, 0.25) is 0 Å². The van der Waals surface area contributed by atoms with Crippen LogP contribution in [0.5, 0.6) is 0 Å². The lowest BCUT2D eigenvalue weighted by Crippen LogP contribution is -2.37. The molecule has 1 aromatic carbocycles. The number of hydrogen-bond acceptors (Lipinski definition) is 3. The number of aromatic nitrogens is 1. The lowest BCUT2D eigenvalue weighted by molar-refractivity contribution is 0.411. The first kappa shape index (κ1) is 14.7. The van der Waals surface area contributed by atoms with Crippen LogP contribution in [-0.4, -0.2) is 17.1 Å². The van der Waals surface area contributed by atoms with Crippen LogP contribution in [0.2, 0.25) is 0 Å². The van der Waals surface area contributed by atoms with Gasteiger partial charge >= 0.3 is 0 Å². The van der Waals surface area contributed by atoms with Crippen LogP contribution in [-0.2, 0) is 6.42 Å². The summed E-state index contributed by atoms with van der Waals surface area (Å²) in [5.74, 6) is 0.820. The van der Waals surface area contributed by atoms with Crippen molar-refractivity contribution in [2.75, 3.05) is 6.54 Å². The number of nitrogens with one attached hydrogen (secondary N) is 1. The summed E-state index contributed by atoms with van der Waals surface area (Å²) in [5, 5.41) is 3.37. The van der Waals surface area contributed by atoms with Crippen LogP contribution in [0.4, 0.5) is 4.39 Å². The number of rotatable bonds is 4. The molecule has 108 valence electrons. The summed E-state index contributed by atoms with van der Waals surface area (Å²) in [6.45, 7) is 9.02. The van der Waals surface area contributed by atoms with Crippen LogP contribution in [0.3, 0.4) is 0 Å². The lowest BCUT2D eigenvalue weighted by Gasteiger charge is -2.19. The van der Waals surface area contributed by atoms with E-state index in [-0.39, 0.29) is 11.4 Å². The molecule has 0 saturated carbocycles. The summed E-state index contributed by atoms with van der Waals surface area (Å²) in [6, 6.07) is 4.96. The number of aryl methyl sites for hydroxylation is 1. The van der Waals surface area contributed by atoms with Gasteiger partial charge in [-0.1, -0.05) is 11.6 Å². The van der Waals surface area contributed by atoms with Crippen LogP contribution in [0.25, 0.3) is 11.3 Å². The minimum atomic E-state index is -0.286. The Morgan fingerprint density at radius 1 is 1.30 bits per heavy atom. The Balaban J connectivity index is 2.07. The van der Waals surface area contributed by atoms with Gasteiger partial charge in [-0.15, -0.1) is 0 Å². The molecule has 0 unspecified atom stereocenters. The van der Waals surface area contributed by atoms with Gasteiger partial charge in [-0.2, -0.15) is 0 Å². The summed E-state index contributed by atoms with van der Waals surface area (Å²) in [6.07, 6.45) is 2.27. The van der Waals surface area contributed by atoms with Crippen LogP contribution >= 0.6 is 0 Å². The first-order valence-electron chi connectivity index (χ1n) is 6.81. The molecule has 0 fully saturated rings. The van der Waals surface area contributed by atoms with E-state index in [0.717, 1.165) is 12.1 Å².